The summed E-state index contributed by atoms with van der Waals surface area (Å²) in [4.78, 5) is 13.4. The van der Waals surface area contributed by atoms with Gasteiger partial charge in [-0.25, -0.2) is 0 Å². The third-order valence-corrected chi connectivity index (χ3v) is 2.97. The lowest BCUT2D eigenvalue weighted by Crippen LogP contribution is -2.48. The number of amides is 1. The molecule has 0 aliphatic carbocycles. The van der Waals surface area contributed by atoms with Crippen LogP contribution in [0.3, 0.4) is 0 Å². The lowest BCUT2D eigenvalue weighted by atomic mass is 10.1. The maximum atomic E-state index is 12.0. The molecule has 0 radical (unpaired) electrons. The highest BCUT2D eigenvalue weighted by molar-refractivity contribution is 6.31. The number of anilines is 1. The highest BCUT2D eigenvalue weighted by Crippen LogP contribution is 2.36. The van der Waals surface area contributed by atoms with Crippen molar-refractivity contribution >= 4 is 23.2 Å². The molecule has 0 bridgehead atoms. The Morgan fingerprint density at radius 2 is 2.28 bits per heavy atom. The quantitative estimate of drug-likeness (QED) is 0.853. The second-order valence-corrected chi connectivity index (χ2v) is 4.59. The normalized spacial score (nSPS) is 20.3. The van der Waals surface area contributed by atoms with Gasteiger partial charge in [0.05, 0.1) is 24.9 Å². The van der Waals surface area contributed by atoms with Gasteiger partial charge in [-0.2, -0.15) is 0 Å². The number of β-amino-alcohol motifs (C(OH)–C–C–N with tert-alkyl or cyclic N) is 1. The molecule has 1 aliphatic rings. The van der Waals surface area contributed by atoms with Crippen molar-refractivity contribution in [2.75, 3.05) is 18.1 Å². The van der Waals surface area contributed by atoms with Crippen molar-refractivity contribution in [2.24, 2.45) is 0 Å². The maximum absolute atomic E-state index is 12.0. The number of fused-ring (bicyclic) bond motifs is 1. The first kappa shape index (κ1) is 13.1. The number of benzene rings is 1. The Labute approximate surface area is 110 Å². The van der Waals surface area contributed by atoms with Crippen LogP contribution >= 0.6 is 11.6 Å². The first-order valence-electron chi connectivity index (χ1n) is 5.59. The number of ether oxygens (including phenoxy) is 1. The monoisotopic (exact) mass is 271 g/mol. The molecule has 0 saturated carbocycles. The molecule has 0 saturated heterocycles. The Bertz CT molecular complexity index is 465. The molecule has 0 spiro atoms. The predicted molar refractivity (Wildman–Crippen MR) is 67.0 cm³/mol. The van der Waals surface area contributed by atoms with Crippen LogP contribution in [0.5, 0.6) is 5.75 Å². The van der Waals surface area contributed by atoms with Crippen molar-refractivity contribution in [3.05, 3.63) is 23.2 Å². The van der Waals surface area contributed by atoms with Crippen LogP contribution in [0.15, 0.2) is 18.2 Å². The molecule has 2 atom stereocenters. The summed E-state index contributed by atoms with van der Waals surface area (Å²) in [5.74, 6) is 0.272. The predicted octanol–water partition coefficient (Wildman–Crippen LogP) is 0.807. The van der Waals surface area contributed by atoms with Crippen LogP contribution in [0.25, 0.3) is 0 Å². The minimum atomic E-state index is -0.994. The number of rotatable bonds is 3. The van der Waals surface area contributed by atoms with Crippen LogP contribution < -0.4 is 9.64 Å². The van der Waals surface area contributed by atoms with Crippen LogP contribution in [0.1, 0.15) is 6.92 Å². The zero-order valence-corrected chi connectivity index (χ0v) is 10.6. The number of nitrogens with zero attached hydrogens (tertiary/aromatic N) is 1. The summed E-state index contributed by atoms with van der Waals surface area (Å²) in [5, 5.41) is 18.8. The second kappa shape index (κ2) is 5.14. The summed E-state index contributed by atoms with van der Waals surface area (Å²) in [5.41, 5.74) is 0.512. The highest BCUT2D eigenvalue weighted by atomic mass is 35.5. The van der Waals surface area contributed by atoms with E-state index < -0.39 is 18.8 Å². The van der Waals surface area contributed by atoms with Gasteiger partial charge < -0.3 is 19.8 Å². The number of hydrogen-bond acceptors (Lipinski definition) is 4. The zero-order valence-electron chi connectivity index (χ0n) is 9.84. The van der Waals surface area contributed by atoms with Crippen LogP contribution in [0.4, 0.5) is 5.69 Å². The van der Waals surface area contributed by atoms with Gasteiger partial charge in [0, 0.05) is 5.02 Å². The number of halogens is 1. The Morgan fingerprint density at radius 3 is 2.94 bits per heavy atom. The van der Waals surface area contributed by atoms with E-state index in [1.165, 1.54) is 4.90 Å². The fraction of sp³-hybridized carbons (Fsp3) is 0.417. The van der Waals surface area contributed by atoms with Gasteiger partial charge in [-0.05, 0) is 25.1 Å². The third-order valence-electron chi connectivity index (χ3n) is 2.73. The fourth-order valence-corrected chi connectivity index (χ4v) is 2.00. The molecule has 1 aromatic rings. The Kier molecular flexibility index (Phi) is 3.75. The van der Waals surface area contributed by atoms with Gasteiger partial charge in [0.15, 0.2) is 6.10 Å². The van der Waals surface area contributed by atoms with Gasteiger partial charge >= 0.3 is 0 Å². The third kappa shape index (κ3) is 2.43. The van der Waals surface area contributed by atoms with Crippen LogP contribution in [-0.4, -0.2) is 41.5 Å². The Hall–Kier alpha value is -1.30. The van der Waals surface area contributed by atoms with Gasteiger partial charge in [0.25, 0.3) is 5.91 Å². The summed E-state index contributed by atoms with van der Waals surface area (Å²) in [6.07, 6.45) is -1.62. The topological polar surface area (TPSA) is 70.0 Å². The Balaban J connectivity index is 2.37. The number of hydrogen-bond donors (Lipinski definition) is 2. The van der Waals surface area contributed by atoms with Crippen molar-refractivity contribution in [1.29, 1.82) is 0 Å². The first-order chi connectivity index (χ1) is 8.52. The standard InChI is InChI=1S/C12H14ClNO4/c1-7-12(17)14(5-9(16)6-15)10-4-8(13)2-3-11(10)18-7/h2-4,7,9,15-16H,5-6H2,1H3/t7-,9-/m1/s1. The van der Waals surface area contributed by atoms with Gasteiger partial charge in [0.1, 0.15) is 5.75 Å². The van der Waals surface area contributed by atoms with Crippen molar-refractivity contribution in [3.63, 3.8) is 0 Å². The SMILES string of the molecule is C[C@H]1Oc2ccc(Cl)cc2N(C[C@@H](O)CO)C1=O. The van der Waals surface area contributed by atoms with E-state index in [1.807, 2.05) is 0 Å². The lowest BCUT2D eigenvalue weighted by molar-refractivity contribution is -0.126. The smallest absolute Gasteiger partial charge is 0.267 e. The molecule has 1 aliphatic heterocycles. The fourth-order valence-electron chi connectivity index (χ4n) is 1.84. The molecule has 0 aromatic heterocycles. The number of carbonyl (C=O) groups excluding carboxylic acids is 1. The molecule has 2 rings (SSSR count). The largest absolute Gasteiger partial charge is 0.479 e. The van der Waals surface area contributed by atoms with E-state index in [0.717, 1.165) is 0 Å². The minimum Gasteiger partial charge on any atom is -0.479 e. The molecule has 2 N–H and O–H groups in total. The molecular formula is C12H14ClNO4. The summed E-state index contributed by atoms with van der Waals surface area (Å²) in [6.45, 7) is 1.24. The average Bonchev–Trinajstić information content (AvgIpc) is 2.35. The molecule has 1 aromatic carbocycles. The molecule has 1 heterocycles. The summed E-state index contributed by atoms with van der Waals surface area (Å²) >= 11 is 5.89. The molecular weight excluding hydrogens is 258 g/mol. The van der Waals surface area contributed by atoms with E-state index in [1.54, 1.807) is 25.1 Å². The number of aliphatic hydroxyl groups excluding tert-OH is 2. The molecule has 0 unspecified atom stereocenters. The number of aliphatic hydroxyl groups is 2. The van der Waals surface area contributed by atoms with Gasteiger partial charge in [0.2, 0.25) is 0 Å². The van der Waals surface area contributed by atoms with Gasteiger partial charge in [-0.1, -0.05) is 11.6 Å². The van der Waals surface area contributed by atoms with Crippen molar-refractivity contribution < 1.29 is 19.7 Å². The highest BCUT2D eigenvalue weighted by Gasteiger charge is 2.32. The molecule has 98 valence electrons. The van der Waals surface area contributed by atoms with E-state index in [2.05, 4.69) is 0 Å². The minimum absolute atomic E-state index is 0.0103. The number of carbonyl (C=O) groups is 1. The summed E-state index contributed by atoms with van der Waals surface area (Å²) in [6, 6.07) is 4.95. The second-order valence-electron chi connectivity index (χ2n) is 4.16. The van der Waals surface area contributed by atoms with E-state index in [9.17, 15) is 9.90 Å². The maximum Gasteiger partial charge on any atom is 0.267 e. The Morgan fingerprint density at radius 1 is 1.56 bits per heavy atom. The van der Waals surface area contributed by atoms with Crippen molar-refractivity contribution in [1.82, 2.24) is 0 Å². The summed E-state index contributed by atoms with van der Waals surface area (Å²) in [7, 11) is 0. The van der Waals surface area contributed by atoms with E-state index >= 15 is 0 Å². The van der Waals surface area contributed by atoms with Crippen LogP contribution in [0, 0.1) is 0 Å². The van der Waals surface area contributed by atoms with Crippen molar-refractivity contribution in [3.8, 4) is 5.75 Å². The molecule has 6 heteroatoms. The van der Waals surface area contributed by atoms with E-state index in [4.69, 9.17) is 21.4 Å². The zero-order chi connectivity index (χ0) is 13.3. The molecule has 1 amide bonds. The lowest BCUT2D eigenvalue weighted by Gasteiger charge is -2.34. The van der Waals surface area contributed by atoms with Crippen LogP contribution in [-0.2, 0) is 4.79 Å². The van der Waals surface area contributed by atoms with Gasteiger partial charge in [-0.3, -0.25) is 4.79 Å². The first-order valence-corrected chi connectivity index (χ1v) is 5.97. The average molecular weight is 272 g/mol. The van der Waals surface area contributed by atoms with Gasteiger partial charge in [-0.15, -0.1) is 0 Å². The van der Waals surface area contributed by atoms with Crippen LogP contribution in [0.2, 0.25) is 5.02 Å². The van der Waals surface area contributed by atoms with E-state index in [0.29, 0.717) is 16.5 Å². The molecule has 5 nitrogen and oxygen atoms in total. The molecule has 18 heavy (non-hydrogen) atoms. The summed E-state index contributed by atoms with van der Waals surface area (Å²) < 4.78 is 5.45. The van der Waals surface area contributed by atoms with E-state index in [-0.39, 0.29) is 12.5 Å². The molecule has 0 fully saturated rings. The van der Waals surface area contributed by atoms with Crippen molar-refractivity contribution in [2.45, 2.75) is 19.1 Å².